The zero-order valence-electron chi connectivity index (χ0n) is 8.88. The summed E-state index contributed by atoms with van der Waals surface area (Å²) in [6, 6.07) is 0. The minimum absolute atomic E-state index is 0.129. The maximum Gasteiger partial charge on any atom is 0.268 e. The summed E-state index contributed by atoms with van der Waals surface area (Å²) < 4.78 is 2.15. The molecule has 15 heavy (non-hydrogen) atoms. The molecule has 3 heteroatoms. The second kappa shape index (κ2) is 3.40. The van der Waals surface area contributed by atoms with E-state index in [9.17, 15) is 4.79 Å². The zero-order chi connectivity index (χ0) is 10.3. The summed E-state index contributed by atoms with van der Waals surface area (Å²) in [6.07, 6.45) is 8.26. The maximum atomic E-state index is 11.8. The Balaban J connectivity index is 2.11. The second-order valence-corrected chi connectivity index (χ2v) is 4.49. The minimum Gasteiger partial charge on any atom is -0.349 e. The highest BCUT2D eigenvalue weighted by molar-refractivity contribution is 5.95. The number of fused-ring (bicyclic) bond motifs is 3. The molecule has 2 aliphatic rings. The molecule has 0 radical (unpaired) electrons. The van der Waals surface area contributed by atoms with Gasteiger partial charge in [0.05, 0.1) is 0 Å². The predicted molar refractivity (Wildman–Crippen MR) is 58.0 cm³/mol. The molecule has 1 aliphatic heterocycles. The van der Waals surface area contributed by atoms with Gasteiger partial charge in [-0.2, -0.15) is 0 Å². The van der Waals surface area contributed by atoms with Crippen molar-refractivity contribution in [1.29, 1.82) is 0 Å². The lowest BCUT2D eigenvalue weighted by atomic mass is 10.1. The quantitative estimate of drug-likeness (QED) is 0.638. The van der Waals surface area contributed by atoms with E-state index >= 15 is 0 Å². The van der Waals surface area contributed by atoms with Crippen LogP contribution in [0, 0.1) is 0 Å². The van der Waals surface area contributed by atoms with Gasteiger partial charge in [-0.25, -0.2) is 0 Å². The smallest absolute Gasteiger partial charge is 0.268 e. The molecule has 0 bridgehead atoms. The number of aromatic nitrogens is 1. The number of hydrogen-bond acceptors (Lipinski definition) is 1. The Labute approximate surface area is 89.5 Å². The van der Waals surface area contributed by atoms with E-state index in [-0.39, 0.29) is 5.91 Å². The standard InChI is InChI=1S/C12H16N2O/c15-12-11-10-5-3-1-2-4-9(10)8-14(11)7-6-13-12/h8H,1-7H2,(H,13,15). The van der Waals surface area contributed by atoms with Crippen LogP contribution >= 0.6 is 0 Å². The van der Waals surface area contributed by atoms with Crippen molar-refractivity contribution in [3.63, 3.8) is 0 Å². The molecule has 0 unspecified atom stereocenters. The molecule has 3 nitrogen and oxygen atoms in total. The van der Waals surface area contributed by atoms with Crippen molar-refractivity contribution >= 4 is 5.91 Å². The van der Waals surface area contributed by atoms with Gasteiger partial charge in [0.25, 0.3) is 5.91 Å². The molecule has 0 aromatic carbocycles. The second-order valence-electron chi connectivity index (χ2n) is 4.49. The highest BCUT2D eigenvalue weighted by Crippen LogP contribution is 2.26. The summed E-state index contributed by atoms with van der Waals surface area (Å²) in [5.74, 6) is 0.129. The van der Waals surface area contributed by atoms with Crippen molar-refractivity contribution in [1.82, 2.24) is 9.88 Å². The molecular formula is C12H16N2O. The van der Waals surface area contributed by atoms with Crippen LogP contribution in [0.4, 0.5) is 0 Å². The van der Waals surface area contributed by atoms with Crippen molar-refractivity contribution in [3.05, 3.63) is 23.0 Å². The Hall–Kier alpha value is -1.25. The van der Waals surface area contributed by atoms with E-state index < -0.39 is 0 Å². The fraction of sp³-hybridized carbons (Fsp3) is 0.583. The molecule has 2 heterocycles. The summed E-state index contributed by atoms with van der Waals surface area (Å²) in [6.45, 7) is 1.72. The van der Waals surface area contributed by atoms with Crippen LogP contribution in [-0.4, -0.2) is 17.0 Å². The summed E-state index contributed by atoms with van der Waals surface area (Å²) in [4.78, 5) is 11.8. The van der Waals surface area contributed by atoms with Gasteiger partial charge in [-0.3, -0.25) is 4.79 Å². The summed E-state index contributed by atoms with van der Waals surface area (Å²) >= 11 is 0. The van der Waals surface area contributed by atoms with Gasteiger partial charge in [0, 0.05) is 19.3 Å². The third-order valence-corrected chi connectivity index (χ3v) is 3.50. The van der Waals surface area contributed by atoms with Gasteiger partial charge >= 0.3 is 0 Å². The Kier molecular flexibility index (Phi) is 2.04. The first-order valence-corrected chi connectivity index (χ1v) is 5.85. The lowest BCUT2D eigenvalue weighted by Gasteiger charge is -2.17. The molecule has 1 aliphatic carbocycles. The number of hydrogen-bond donors (Lipinski definition) is 1. The van der Waals surface area contributed by atoms with Crippen LogP contribution in [0.5, 0.6) is 0 Å². The van der Waals surface area contributed by atoms with Gasteiger partial charge in [0.1, 0.15) is 5.69 Å². The number of nitrogens with zero attached hydrogens (tertiary/aromatic N) is 1. The minimum atomic E-state index is 0.129. The van der Waals surface area contributed by atoms with Crippen LogP contribution in [0.3, 0.4) is 0 Å². The first kappa shape index (κ1) is 9.01. The Morgan fingerprint density at radius 3 is 3.00 bits per heavy atom. The average Bonchev–Trinajstić information content (AvgIpc) is 2.43. The van der Waals surface area contributed by atoms with Gasteiger partial charge in [-0.1, -0.05) is 6.42 Å². The average molecular weight is 204 g/mol. The summed E-state index contributed by atoms with van der Waals surface area (Å²) in [7, 11) is 0. The van der Waals surface area contributed by atoms with E-state index in [2.05, 4.69) is 16.1 Å². The van der Waals surface area contributed by atoms with Gasteiger partial charge < -0.3 is 9.88 Å². The summed E-state index contributed by atoms with van der Waals surface area (Å²) in [5.41, 5.74) is 3.68. The first-order chi connectivity index (χ1) is 7.36. The highest BCUT2D eigenvalue weighted by Gasteiger charge is 2.24. The zero-order valence-corrected chi connectivity index (χ0v) is 8.88. The number of carbonyl (C=O) groups is 1. The van der Waals surface area contributed by atoms with Gasteiger partial charge in [-0.15, -0.1) is 0 Å². The predicted octanol–water partition coefficient (Wildman–Crippen LogP) is 1.50. The molecule has 1 aromatic rings. The van der Waals surface area contributed by atoms with Crippen LogP contribution in [0.15, 0.2) is 6.20 Å². The van der Waals surface area contributed by atoms with E-state index in [1.54, 1.807) is 0 Å². The van der Waals surface area contributed by atoms with Crippen molar-refractivity contribution in [2.45, 2.75) is 38.6 Å². The molecule has 3 rings (SSSR count). The topological polar surface area (TPSA) is 34.0 Å². The van der Waals surface area contributed by atoms with E-state index in [1.165, 1.54) is 30.4 Å². The van der Waals surface area contributed by atoms with Crippen molar-refractivity contribution in [2.24, 2.45) is 0 Å². The number of amides is 1. The number of aryl methyl sites for hydroxylation is 1. The van der Waals surface area contributed by atoms with Crippen molar-refractivity contribution in [3.8, 4) is 0 Å². The first-order valence-electron chi connectivity index (χ1n) is 5.85. The van der Waals surface area contributed by atoms with Gasteiger partial charge in [-0.05, 0) is 36.8 Å². The lowest BCUT2D eigenvalue weighted by molar-refractivity contribution is 0.0927. The number of nitrogens with one attached hydrogen (secondary N) is 1. The van der Waals surface area contributed by atoms with Crippen LogP contribution in [-0.2, 0) is 19.4 Å². The Morgan fingerprint density at radius 2 is 2.07 bits per heavy atom. The van der Waals surface area contributed by atoms with E-state index in [0.29, 0.717) is 0 Å². The van der Waals surface area contributed by atoms with Crippen LogP contribution in [0.25, 0.3) is 0 Å². The van der Waals surface area contributed by atoms with Gasteiger partial charge in [0.15, 0.2) is 0 Å². The molecule has 0 atom stereocenters. The largest absolute Gasteiger partial charge is 0.349 e. The Morgan fingerprint density at radius 1 is 1.20 bits per heavy atom. The lowest BCUT2D eigenvalue weighted by Crippen LogP contribution is -2.35. The molecular weight excluding hydrogens is 188 g/mol. The summed E-state index contributed by atoms with van der Waals surface area (Å²) in [5, 5.41) is 2.94. The molecule has 0 fully saturated rings. The molecule has 0 spiro atoms. The van der Waals surface area contributed by atoms with Crippen molar-refractivity contribution < 1.29 is 4.79 Å². The molecule has 1 amide bonds. The highest BCUT2D eigenvalue weighted by atomic mass is 16.2. The maximum absolute atomic E-state index is 11.8. The molecule has 1 N–H and O–H groups in total. The SMILES string of the molecule is O=C1NCCn2cc3c(c21)CCCCC3. The Bertz CT molecular complexity index is 406. The third-order valence-electron chi connectivity index (χ3n) is 3.50. The van der Waals surface area contributed by atoms with E-state index in [1.807, 2.05) is 0 Å². The van der Waals surface area contributed by atoms with E-state index in [4.69, 9.17) is 0 Å². The normalized spacial score (nSPS) is 20.1. The molecule has 0 saturated heterocycles. The monoisotopic (exact) mass is 204 g/mol. The number of carbonyl (C=O) groups excluding carboxylic acids is 1. The molecule has 1 aromatic heterocycles. The van der Waals surface area contributed by atoms with Crippen LogP contribution < -0.4 is 5.32 Å². The van der Waals surface area contributed by atoms with Gasteiger partial charge in [0.2, 0.25) is 0 Å². The van der Waals surface area contributed by atoms with E-state index in [0.717, 1.165) is 31.6 Å². The van der Waals surface area contributed by atoms with Crippen LogP contribution in [0.1, 0.15) is 40.9 Å². The fourth-order valence-corrected chi connectivity index (χ4v) is 2.76. The number of rotatable bonds is 0. The van der Waals surface area contributed by atoms with Crippen LogP contribution in [0.2, 0.25) is 0 Å². The fourth-order valence-electron chi connectivity index (χ4n) is 2.76. The third kappa shape index (κ3) is 1.37. The van der Waals surface area contributed by atoms with Crippen molar-refractivity contribution in [2.75, 3.05) is 6.54 Å². The molecule has 0 saturated carbocycles. The molecule has 80 valence electrons.